The second-order valence-corrected chi connectivity index (χ2v) is 6.90. The van der Waals surface area contributed by atoms with Crippen LogP contribution >= 0.6 is 11.3 Å². The van der Waals surface area contributed by atoms with Crippen LogP contribution < -0.4 is 5.32 Å². The quantitative estimate of drug-likeness (QED) is 0.820. The van der Waals surface area contributed by atoms with Gasteiger partial charge in [0.1, 0.15) is 6.61 Å². The Kier molecular flexibility index (Phi) is 5.43. The summed E-state index contributed by atoms with van der Waals surface area (Å²) in [6.45, 7) is 0.478. The van der Waals surface area contributed by atoms with Gasteiger partial charge >= 0.3 is 0 Å². The summed E-state index contributed by atoms with van der Waals surface area (Å²) >= 11 is 1.64. The van der Waals surface area contributed by atoms with Gasteiger partial charge in [0.25, 0.3) is 0 Å². The molecule has 1 amide bonds. The van der Waals surface area contributed by atoms with Gasteiger partial charge in [-0.2, -0.15) is 0 Å². The Morgan fingerprint density at radius 2 is 2.04 bits per heavy atom. The zero-order chi connectivity index (χ0) is 16.1. The molecule has 1 atom stereocenters. The highest BCUT2D eigenvalue weighted by Crippen LogP contribution is 2.39. The van der Waals surface area contributed by atoms with Crippen LogP contribution in [0.3, 0.4) is 0 Å². The predicted octanol–water partition coefficient (Wildman–Crippen LogP) is 2.89. The molecule has 1 aliphatic rings. The standard InChI is InChI=1S/C18H21NO3S/c20-15-9-14(10-15)18(16-7-4-8-23-16)19-17(21)12-22-11-13-5-2-1-3-6-13/h1-8,14-15,18,20H,9-12H2,(H,19,21)/t14?,15?,18-/m0/s1. The lowest BCUT2D eigenvalue weighted by Gasteiger charge is -2.37. The second kappa shape index (κ2) is 7.73. The monoisotopic (exact) mass is 331 g/mol. The summed E-state index contributed by atoms with van der Waals surface area (Å²) in [5.74, 6) is 0.197. The molecular weight excluding hydrogens is 310 g/mol. The third kappa shape index (κ3) is 4.41. The highest BCUT2D eigenvalue weighted by atomic mass is 32.1. The molecule has 0 aliphatic heterocycles. The number of aliphatic hydroxyl groups is 1. The van der Waals surface area contributed by atoms with E-state index in [2.05, 4.69) is 5.32 Å². The molecular formula is C18H21NO3S. The van der Waals surface area contributed by atoms with Gasteiger partial charge in [-0.15, -0.1) is 11.3 Å². The lowest BCUT2D eigenvalue weighted by molar-refractivity contribution is -0.128. The minimum absolute atomic E-state index is 0.0220. The van der Waals surface area contributed by atoms with Crippen LogP contribution in [0, 0.1) is 5.92 Å². The van der Waals surface area contributed by atoms with Crippen molar-refractivity contribution in [1.82, 2.24) is 5.32 Å². The number of thiophene rings is 1. The van der Waals surface area contributed by atoms with E-state index in [1.807, 2.05) is 47.8 Å². The van der Waals surface area contributed by atoms with Gasteiger partial charge in [0.2, 0.25) is 5.91 Å². The molecule has 3 rings (SSSR count). The Balaban J connectivity index is 1.50. The fourth-order valence-electron chi connectivity index (χ4n) is 2.84. The van der Waals surface area contributed by atoms with Gasteiger partial charge in [0.15, 0.2) is 0 Å². The first-order valence-corrected chi connectivity index (χ1v) is 8.73. The molecule has 2 aromatic rings. The molecule has 0 radical (unpaired) electrons. The third-order valence-corrected chi connectivity index (χ3v) is 5.09. The zero-order valence-electron chi connectivity index (χ0n) is 12.9. The van der Waals surface area contributed by atoms with Gasteiger partial charge in [-0.3, -0.25) is 4.79 Å². The number of benzene rings is 1. The summed E-state index contributed by atoms with van der Waals surface area (Å²) in [4.78, 5) is 13.3. The Bertz CT molecular complexity index is 608. The lowest BCUT2D eigenvalue weighted by Crippen LogP contribution is -2.42. The number of hydrogen-bond donors (Lipinski definition) is 2. The first-order valence-electron chi connectivity index (χ1n) is 7.85. The van der Waals surface area contributed by atoms with Crippen molar-refractivity contribution in [2.75, 3.05) is 6.61 Å². The van der Waals surface area contributed by atoms with Gasteiger partial charge < -0.3 is 15.2 Å². The average Bonchev–Trinajstić information content (AvgIpc) is 3.05. The topological polar surface area (TPSA) is 58.6 Å². The second-order valence-electron chi connectivity index (χ2n) is 5.92. The molecule has 1 aliphatic carbocycles. The summed E-state index contributed by atoms with van der Waals surface area (Å²) in [7, 11) is 0. The van der Waals surface area contributed by atoms with Crippen molar-refractivity contribution in [2.45, 2.75) is 31.6 Å². The molecule has 1 heterocycles. The molecule has 0 bridgehead atoms. The molecule has 4 nitrogen and oxygen atoms in total. The summed E-state index contributed by atoms with van der Waals surface area (Å²) < 4.78 is 5.49. The van der Waals surface area contributed by atoms with Crippen LogP contribution in [0.2, 0.25) is 0 Å². The molecule has 5 heteroatoms. The molecule has 1 fully saturated rings. The third-order valence-electron chi connectivity index (χ3n) is 4.13. The minimum Gasteiger partial charge on any atom is -0.393 e. The van der Waals surface area contributed by atoms with Gasteiger partial charge in [-0.25, -0.2) is 0 Å². The number of ether oxygens (including phenoxy) is 1. The van der Waals surface area contributed by atoms with Crippen LogP contribution in [0.4, 0.5) is 0 Å². The van der Waals surface area contributed by atoms with Gasteiger partial charge in [-0.05, 0) is 35.8 Å². The maximum absolute atomic E-state index is 12.2. The van der Waals surface area contributed by atoms with Crippen LogP contribution in [0.5, 0.6) is 0 Å². The largest absolute Gasteiger partial charge is 0.393 e. The molecule has 0 spiro atoms. The Labute approximate surface area is 140 Å². The van der Waals surface area contributed by atoms with Crippen molar-refractivity contribution in [3.8, 4) is 0 Å². The molecule has 1 saturated carbocycles. The maximum atomic E-state index is 12.2. The number of carbonyl (C=O) groups is 1. The average molecular weight is 331 g/mol. The molecule has 1 aromatic carbocycles. The molecule has 2 N–H and O–H groups in total. The van der Waals surface area contributed by atoms with E-state index in [9.17, 15) is 9.90 Å². The van der Waals surface area contributed by atoms with E-state index < -0.39 is 0 Å². The number of carbonyl (C=O) groups excluding carboxylic acids is 1. The van der Waals surface area contributed by atoms with Crippen LogP contribution in [0.15, 0.2) is 47.8 Å². The first kappa shape index (κ1) is 16.2. The van der Waals surface area contributed by atoms with Crippen molar-refractivity contribution < 1.29 is 14.6 Å². The minimum atomic E-state index is -0.228. The number of rotatable bonds is 7. The molecule has 0 unspecified atom stereocenters. The van der Waals surface area contributed by atoms with Crippen molar-refractivity contribution in [3.63, 3.8) is 0 Å². The van der Waals surface area contributed by atoms with Crippen LogP contribution in [0.25, 0.3) is 0 Å². The number of nitrogens with one attached hydrogen (secondary N) is 1. The Hall–Kier alpha value is -1.69. The highest BCUT2D eigenvalue weighted by Gasteiger charge is 2.36. The molecule has 1 aromatic heterocycles. The fourth-order valence-corrected chi connectivity index (χ4v) is 3.71. The van der Waals surface area contributed by atoms with E-state index in [-0.39, 0.29) is 24.7 Å². The highest BCUT2D eigenvalue weighted by molar-refractivity contribution is 7.10. The summed E-state index contributed by atoms with van der Waals surface area (Å²) in [5.41, 5.74) is 1.05. The smallest absolute Gasteiger partial charge is 0.246 e. The van der Waals surface area contributed by atoms with Crippen molar-refractivity contribution >= 4 is 17.2 Å². The van der Waals surface area contributed by atoms with Crippen molar-refractivity contribution in [1.29, 1.82) is 0 Å². The molecule has 122 valence electrons. The number of hydrogen-bond acceptors (Lipinski definition) is 4. The van der Waals surface area contributed by atoms with E-state index in [1.165, 1.54) is 0 Å². The predicted molar refractivity (Wildman–Crippen MR) is 90.0 cm³/mol. The van der Waals surface area contributed by atoms with Gasteiger partial charge in [0, 0.05) is 4.88 Å². The number of amides is 1. The van der Waals surface area contributed by atoms with Gasteiger partial charge in [-0.1, -0.05) is 36.4 Å². The normalized spacial score (nSPS) is 21.4. The summed E-state index contributed by atoms with van der Waals surface area (Å²) in [5, 5.41) is 14.6. The molecule has 23 heavy (non-hydrogen) atoms. The van der Waals surface area contributed by atoms with E-state index >= 15 is 0 Å². The Morgan fingerprint density at radius 3 is 2.70 bits per heavy atom. The zero-order valence-corrected chi connectivity index (χ0v) is 13.7. The van der Waals surface area contributed by atoms with Crippen molar-refractivity contribution in [2.24, 2.45) is 5.92 Å². The fraction of sp³-hybridized carbons (Fsp3) is 0.389. The van der Waals surface area contributed by atoms with E-state index in [4.69, 9.17) is 4.74 Å². The SMILES string of the molecule is O=C(COCc1ccccc1)N[C@H](c1cccs1)C1CC(O)C1. The van der Waals surface area contributed by atoms with E-state index in [1.54, 1.807) is 11.3 Å². The van der Waals surface area contributed by atoms with Crippen LogP contribution in [0.1, 0.15) is 29.3 Å². The van der Waals surface area contributed by atoms with Crippen LogP contribution in [-0.2, 0) is 16.1 Å². The maximum Gasteiger partial charge on any atom is 0.246 e. The first-order chi connectivity index (χ1) is 11.2. The van der Waals surface area contributed by atoms with Crippen LogP contribution in [-0.4, -0.2) is 23.7 Å². The lowest BCUT2D eigenvalue weighted by atomic mass is 9.77. The number of aliphatic hydroxyl groups excluding tert-OH is 1. The molecule has 0 saturated heterocycles. The van der Waals surface area contributed by atoms with Gasteiger partial charge in [0.05, 0.1) is 18.8 Å². The van der Waals surface area contributed by atoms with E-state index in [0.29, 0.717) is 12.5 Å². The Morgan fingerprint density at radius 1 is 1.26 bits per heavy atom. The summed E-state index contributed by atoms with van der Waals surface area (Å²) in [6, 6.07) is 13.8. The van der Waals surface area contributed by atoms with Crippen molar-refractivity contribution in [3.05, 3.63) is 58.3 Å². The summed E-state index contributed by atoms with van der Waals surface area (Å²) in [6.07, 6.45) is 1.26. The van der Waals surface area contributed by atoms with E-state index in [0.717, 1.165) is 23.3 Å².